The molecule has 0 aliphatic heterocycles. The van der Waals surface area contributed by atoms with E-state index in [9.17, 15) is 14.9 Å². The molecular weight excluding hydrogens is 274 g/mol. The average molecular weight is 289 g/mol. The van der Waals surface area contributed by atoms with Gasteiger partial charge in [-0.3, -0.25) is 4.57 Å². The summed E-state index contributed by atoms with van der Waals surface area (Å²) in [6, 6.07) is 8.94. The highest BCUT2D eigenvalue weighted by molar-refractivity contribution is 5.82. The topological polar surface area (TPSA) is 87.3 Å². The molecule has 0 spiro atoms. The summed E-state index contributed by atoms with van der Waals surface area (Å²) < 4.78 is 6.53. The van der Waals surface area contributed by atoms with Crippen LogP contribution in [0.5, 0.6) is 0 Å². The number of aromatic nitrogens is 2. The molecule has 1 aromatic carbocycles. The van der Waals surface area contributed by atoms with E-state index in [1.54, 1.807) is 38.1 Å². The fourth-order valence-corrected chi connectivity index (χ4v) is 2.06. The highest BCUT2D eigenvalue weighted by Gasteiger charge is 2.40. The molecule has 0 saturated heterocycles. The normalized spacial score (nSPS) is 13.4. The summed E-state index contributed by atoms with van der Waals surface area (Å²) >= 11 is 0. The largest absolute Gasteiger partial charge is 0.464 e. The summed E-state index contributed by atoms with van der Waals surface area (Å²) in [7, 11) is 0. The van der Waals surface area contributed by atoms with Gasteiger partial charge in [-0.05, 0) is 29.3 Å². The van der Waals surface area contributed by atoms with E-state index < -0.39 is 16.4 Å². The van der Waals surface area contributed by atoms with Crippen molar-refractivity contribution < 1.29 is 14.5 Å². The Labute approximate surface area is 121 Å². The Kier molecular flexibility index (Phi) is 4.02. The van der Waals surface area contributed by atoms with Gasteiger partial charge in [-0.15, -0.1) is 0 Å². The lowest BCUT2D eigenvalue weighted by molar-refractivity contribution is -0.389. The number of hydrogen-bond acceptors (Lipinski definition) is 5. The first-order valence-corrected chi connectivity index (χ1v) is 6.41. The Morgan fingerprint density at radius 2 is 2.10 bits per heavy atom. The highest BCUT2D eigenvalue weighted by atomic mass is 16.6. The Bertz CT molecular complexity index is 653. The molecule has 7 heteroatoms. The molecule has 2 rings (SSSR count). The van der Waals surface area contributed by atoms with Crippen molar-refractivity contribution in [3.8, 4) is 0 Å². The van der Waals surface area contributed by atoms with Gasteiger partial charge in [0.2, 0.25) is 6.33 Å². The molecule has 2 aromatic rings. The SMILES string of the molecule is CCOC(=O)C(C)(c1ccccc1)n1cnc([N+](=O)[O-])c1. The zero-order chi connectivity index (χ0) is 15.5. The third-order valence-corrected chi connectivity index (χ3v) is 3.28. The molecular formula is C14H15N3O4. The van der Waals surface area contributed by atoms with Crippen LogP contribution in [0.15, 0.2) is 42.9 Å². The van der Waals surface area contributed by atoms with Crippen molar-refractivity contribution in [1.82, 2.24) is 9.55 Å². The quantitative estimate of drug-likeness (QED) is 0.478. The maximum Gasteiger partial charge on any atom is 0.381 e. The summed E-state index contributed by atoms with van der Waals surface area (Å²) in [5, 5.41) is 10.8. The summed E-state index contributed by atoms with van der Waals surface area (Å²) in [6.07, 6.45) is 2.49. The first-order valence-electron chi connectivity index (χ1n) is 6.41. The van der Waals surface area contributed by atoms with Gasteiger partial charge in [0.25, 0.3) is 0 Å². The Morgan fingerprint density at radius 3 is 2.62 bits per heavy atom. The van der Waals surface area contributed by atoms with Crippen LogP contribution in [0.25, 0.3) is 0 Å². The lowest BCUT2D eigenvalue weighted by Gasteiger charge is -2.28. The van der Waals surface area contributed by atoms with E-state index in [-0.39, 0.29) is 12.4 Å². The van der Waals surface area contributed by atoms with Gasteiger partial charge >= 0.3 is 11.8 Å². The molecule has 1 heterocycles. The second-order valence-electron chi connectivity index (χ2n) is 4.55. The van der Waals surface area contributed by atoms with Gasteiger partial charge in [-0.1, -0.05) is 30.3 Å². The standard InChI is InChI=1S/C14H15N3O4/c1-3-21-13(18)14(2,11-7-5-4-6-8-11)16-9-12(15-10-16)17(19)20/h4-10H,3H2,1-2H3. The van der Waals surface area contributed by atoms with E-state index in [2.05, 4.69) is 4.98 Å². The van der Waals surface area contributed by atoms with Crippen LogP contribution in [-0.4, -0.2) is 27.1 Å². The molecule has 0 saturated carbocycles. The van der Waals surface area contributed by atoms with Crippen molar-refractivity contribution in [2.24, 2.45) is 0 Å². The summed E-state index contributed by atoms with van der Waals surface area (Å²) in [4.78, 5) is 26.3. The molecule has 0 fully saturated rings. The summed E-state index contributed by atoms with van der Waals surface area (Å²) in [5.74, 6) is -0.815. The number of rotatable bonds is 5. The Hall–Kier alpha value is -2.70. The lowest BCUT2D eigenvalue weighted by atomic mass is 9.92. The first kappa shape index (κ1) is 14.7. The van der Waals surface area contributed by atoms with E-state index in [4.69, 9.17) is 4.74 Å². The number of carbonyl (C=O) groups is 1. The number of imidazole rings is 1. The number of benzene rings is 1. The molecule has 0 N–H and O–H groups in total. The van der Waals surface area contributed by atoms with Crippen LogP contribution >= 0.6 is 0 Å². The number of nitrogens with zero attached hydrogens (tertiary/aromatic N) is 3. The molecule has 0 amide bonds. The zero-order valence-electron chi connectivity index (χ0n) is 11.7. The molecule has 0 bridgehead atoms. The summed E-state index contributed by atoms with van der Waals surface area (Å²) in [5.41, 5.74) is -0.547. The maximum atomic E-state index is 12.4. The second kappa shape index (κ2) is 5.74. The van der Waals surface area contributed by atoms with Gasteiger partial charge in [0.1, 0.15) is 6.20 Å². The van der Waals surface area contributed by atoms with Gasteiger partial charge in [0, 0.05) is 0 Å². The predicted molar refractivity (Wildman–Crippen MR) is 74.7 cm³/mol. The number of ether oxygens (including phenoxy) is 1. The van der Waals surface area contributed by atoms with Crippen LogP contribution in [0, 0.1) is 10.1 Å². The minimum absolute atomic E-state index is 0.220. The van der Waals surface area contributed by atoms with Crippen molar-refractivity contribution in [3.63, 3.8) is 0 Å². The molecule has 7 nitrogen and oxygen atoms in total. The zero-order valence-corrected chi connectivity index (χ0v) is 11.7. The van der Waals surface area contributed by atoms with Crippen molar-refractivity contribution in [3.05, 3.63) is 58.5 Å². The van der Waals surface area contributed by atoms with Crippen LogP contribution in [0.1, 0.15) is 19.4 Å². The molecule has 0 aliphatic rings. The molecule has 1 aromatic heterocycles. The minimum atomic E-state index is -1.21. The van der Waals surface area contributed by atoms with Crippen LogP contribution in [0.4, 0.5) is 5.82 Å². The van der Waals surface area contributed by atoms with Gasteiger partial charge in [-0.2, -0.15) is 0 Å². The average Bonchev–Trinajstić information content (AvgIpc) is 2.98. The van der Waals surface area contributed by atoms with Crippen molar-refractivity contribution in [2.45, 2.75) is 19.4 Å². The first-order chi connectivity index (χ1) is 10.00. The molecule has 1 atom stereocenters. The van der Waals surface area contributed by atoms with Gasteiger partial charge in [0.15, 0.2) is 5.54 Å². The van der Waals surface area contributed by atoms with Crippen LogP contribution in [0.2, 0.25) is 0 Å². The highest BCUT2D eigenvalue weighted by Crippen LogP contribution is 2.29. The van der Waals surface area contributed by atoms with Crippen molar-refractivity contribution >= 4 is 11.8 Å². The molecule has 1 unspecified atom stereocenters. The van der Waals surface area contributed by atoms with E-state index >= 15 is 0 Å². The summed E-state index contributed by atoms with van der Waals surface area (Å²) in [6.45, 7) is 3.57. The number of esters is 1. The van der Waals surface area contributed by atoms with Crippen LogP contribution in [0.3, 0.4) is 0 Å². The van der Waals surface area contributed by atoms with Crippen LogP contribution < -0.4 is 0 Å². The lowest BCUT2D eigenvalue weighted by Crippen LogP contribution is -2.41. The Balaban J connectivity index is 2.55. The van der Waals surface area contributed by atoms with Crippen LogP contribution in [-0.2, 0) is 15.1 Å². The Morgan fingerprint density at radius 1 is 1.43 bits per heavy atom. The molecule has 0 radical (unpaired) electrons. The second-order valence-corrected chi connectivity index (χ2v) is 4.55. The maximum absolute atomic E-state index is 12.4. The fourth-order valence-electron chi connectivity index (χ4n) is 2.06. The van der Waals surface area contributed by atoms with Gasteiger partial charge in [0.05, 0.1) is 6.61 Å². The van der Waals surface area contributed by atoms with E-state index in [1.165, 1.54) is 17.1 Å². The third kappa shape index (κ3) is 2.62. The minimum Gasteiger partial charge on any atom is -0.464 e. The van der Waals surface area contributed by atoms with Gasteiger partial charge < -0.3 is 14.9 Å². The number of hydrogen-bond donors (Lipinski definition) is 0. The third-order valence-electron chi connectivity index (χ3n) is 3.28. The molecule has 21 heavy (non-hydrogen) atoms. The number of nitro groups is 1. The van der Waals surface area contributed by atoms with Crippen molar-refractivity contribution in [1.29, 1.82) is 0 Å². The van der Waals surface area contributed by atoms with E-state index in [0.717, 1.165) is 0 Å². The predicted octanol–water partition coefficient (Wildman–Crippen LogP) is 2.12. The van der Waals surface area contributed by atoms with Crippen molar-refractivity contribution in [2.75, 3.05) is 6.61 Å². The molecule has 0 aliphatic carbocycles. The fraction of sp³-hybridized carbons (Fsp3) is 0.286. The molecule has 110 valence electrons. The number of carbonyl (C=O) groups excluding carboxylic acids is 1. The smallest absolute Gasteiger partial charge is 0.381 e. The van der Waals surface area contributed by atoms with E-state index in [1.807, 2.05) is 6.07 Å². The van der Waals surface area contributed by atoms with E-state index in [0.29, 0.717) is 5.56 Å². The monoisotopic (exact) mass is 289 g/mol. The van der Waals surface area contributed by atoms with Gasteiger partial charge in [-0.25, -0.2) is 4.79 Å².